The van der Waals surface area contributed by atoms with E-state index in [4.69, 9.17) is 9.68 Å². The summed E-state index contributed by atoms with van der Waals surface area (Å²) >= 11 is 0. The van der Waals surface area contributed by atoms with E-state index in [1.54, 1.807) is 6.07 Å². The molecule has 1 saturated heterocycles. The van der Waals surface area contributed by atoms with Gasteiger partial charge in [-0.2, -0.15) is 5.26 Å². The molecule has 20 heavy (non-hydrogen) atoms. The zero-order valence-corrected chi connectivity index (χ0v) is 11.5. The standard InChI is InChI=1S/C15H16N4O/c1-11-5-6-13(20-11)15-17-12(10-16)9-14(18-15)19-7-3-2-4-8-19/h5-6,9H,2-4,7-8H2,1H3. The van der Waals surface area contributed by atoms with E-state index in [2.05, 4.69) is 20.9 Å². The second-order valence-electron chi connectivity index (χ2n) is 5.00. The van der Waals surface area contributed by atoms with Crippen LogP contribution < -0.4 is 4.90 Å². The number of hydrogen-bond acceptors (Lipinski definition) is 5. The van der Waals surface area contributed by atoms with E-state index in [1.807, 2.05) is 19.1 Å². The Labute approximate surface area is 117 Å². The molecule has 0 amide bonds. The molecule has 5 heteroatoms. The summed E-state index contributed by atoms with van der Waals surface area (Å²) in [6, 6.07) is 7.57. The van der Waals surface area contributed by atoms with Crippen LogP contribution in [0.15, 0.2) is 22.6 Å². The van der Waals surface area contributed by atoms with Crippen molar-refractivity contribution in [3.63, 3.8) is 0 Å². The fourth-order valence-corrected chi connectivity index (χ4v) is 2.44. The number of furan rings is 1. The molecule has 0 atom stereocenters. The SMILES string of the molecule is Cc1ccc(-c2nc(C#N)cc(N3CCCCC3)n2)o1. The monoisotopic (exact) mass is 268 g/mol. The minimum absolute atomic E-state index is 0.379. The zero-order chi connectivity index (χ0) is 13.9. The lowest BCUT2D eigenvalue weighted by atomic mass is 10.1. The van der Waals surface area contributed by atoms with Crippen molar-refractivity contribution >= 4 is 5.82 Å². The molecule has 1 fully saturated rings. The average molecular weight is 268 g/mol. The first kappa shape index (κ1) is 12.7. The van der Waals surface area contributed by atoms with Crippen LogP contribution in [0.2, 0.25) is 0 Å². The molecule has 102 valence electrons. The van der Waals surface area contributed by atoms with Crippen molar-refractivity contribution in [3.05, 3.63) is 29.7 Å². The molecule has 0 N–H and O–H groups in total. The van der Waals surface area contributed by atoms with E-state index in [0.717, 1.165) is 24.7 Å². The van der Waals surface area contributed by atoms with Gasteiger partial charge in [-0.15, -0.1) is 0 Å². The summed E-state index contributed by atoms with van der Waals surface area (Å²) in [5, 5.41) is 9.15. The minimum Gasteiger partial charge on any atom is -0.458 e. The van der Waals surface area contributed by atoms with Gasteiger partial charge < -0.3 is 9.32 Å². The van der Waals surface area contributed by atoms with Crippen molar-refractivity contribution in [2.75, 3.05) is 18.0 Å². The molecule has 2 aromatic rings. The second kappa shape index (κ2) is 5.33. The summed E-state index contributed by atoms with van der Waals surface area (Å²) in [7, 11) is 0. The molecule has 1 aliphatic rings. The number of nitriles is 1. The topological polar surface area (TPSA) is 66.0 Å². The molecular weight excluding hydrogens is 252 g/mol. The zero-order valence-electron chi connectivity index (χ0n) is 11.5. The lowest BCUT2D eigenvalue weighted by Gasteiger charge is -2.27. The second-order valence-corrected chi connectivity index (χ2v) is 5.00. The fourth-order valence-electron chi connectivity index (χ4n) is 2.44. The van der Waals surface area contributed by atoms with Crippen LogP contribution in [0.4, 0.5) is 5.82 Å². The molecule has 1 aliphatic heterocycles. The van der Waals surface area contributed by atoms with Crippen molar-refractivity contribution in [2.45, 2.75) is 26.2 Å². The van der Waals surface area contributed by atoms with Gasteiger partial charge in [-0.05, 0) is 38.3 Å². The van der Waals surface area contributed by atoms with Gasteiger partial charge in [-0.3, -0.25) is 0 Å². The molecule has 2 aromatic heterocycles. The number of anilines is 1. The summed E-state index contributed by atoms with van der Waals surface area (Å²) in [5.41, 5.74) is 0.379. The number of hydrogen-bond donors (Lipinski definition) is 0. The highest BCUT2D eigenvalue weighted by atomic mass is 16.3. The van der Waals surface area contributed by atoms with Gasteiger partial charge in [-0.1, -0.05) is 0 Å². The Bertz CT molecular complexity index is 650. The summed E-state index contributed by atoms with van der Waals surface area (Å²) < 4.78 is 5.56. The fraction of sp³-hybridized carbons (Fsp3) is 0.400. The van der Waals surface area contributed by atoms with Crippen LogP contribution >= 0.6 is 0 Å². The summed E-state index contributed by atoms with van der Waals surface area (Å²) in [6.07, 6.45) is 3.60. The van der Waals surface area contributed by atoms with Crippen molar-refractivity contribution in [2.24, 2.45) is 0 Å². The van der Waals surface area contributed by atoms with Crippen molar-refractivity contribution in [1.29, 1.82) is 5.26 Å². The van der Waals surface area contributed by atoms with Gasteiger partial charge in [0.15, 0.2) is 11.6 Å². The first-order valence-electron chi connectivity index (χ1n) is 6.87. The Morgan fingerprint density at radius 1 is 1.20 bits per heavy atom. The molecule has 5 nitrogen and oxygen atoms in total. The van der Waals surface area contributed by atoms with Crippen molar-refractivity contribution < 1.29 is 4.42 Å². The van der Waals surface area contributed by atoms with Gasteiger partial charge in [0, 0.05) is 19.2 Å². The predicted octanol–water partition coefficient (Wildman–Crippen LogP) is 2.91. The van der Waals surface area contributed by atoms with Crippen molar-refractivity contribution in [3.8, 4) is 17.7 Å². The lowest BCUT2D eigenvalue weighted by Crippen LogP contribution is -2.30. The Morgan fingerprint density at radius 3 is 2.65 bits per heavy atom. The van der Waals surface area contributed by atoms with Crippen LogP contribution in [0.3, 0.4) is 0 Å². The summed E-state index contributed by atoms with van der Waals surface area (Å²) in [6.45, 7) is 3.85. The first-order chi connectivity index (χ1) is 9.76. The molecule has 0 spiro atoms. The van der Waals surface area contributed by atoms with Crippen LogP contribution in [-0.2, 0) is 0 Å². The Balaban J connectivity index is 2.00. The molecule has 0 bridgehead atoms. The third-order valence-electron chi connectivity index (χ3n) is 3.47. The Kier molecular flexibility index (Phi) is 3.38. The Hall–Kier alpha value is -2.35. The third-order valence-corrected chi connectivity index (χ3v) is 3.47. The van der Waals surface area contributed by atoms with Crippen molar-refractivity contribution in [1.82, 2.24) is 9.97 Å². The number of aromatic nitrogens is 2. The highest BCUT2D eigenvalue weighted by molar-refractivity contribution is 5.54. The number of rotatable bonds is 2. The van der Waals surface area contributed by atoms with Gasteiger partial charge in [0.05, 0.1) is 0 Å². The number of nitrogens with zero attached hydrogens (tertiary/aromatic N) is 4. The minimum atomic E-state index is 0.379. The molecule has 0 aliphatic carbocycles. The lowest BCUT2D eigenvalue weighted by molar-refractivity contribution is 0.542. The van der Waals surface area contributed by atoms with E-state index in [1.165, 1.54) is 19.3 Å². The normalized spacial score (nSPS) is 15.1. The third kappa shape index (κ3) is 2.50. The van der Waals surface area contributed by atoms with Gasteiger partial charge in [0.1, 0.15) is 23.3 Å². The van der Waals surface area contributed by atoms with Gasteiger partial charge in [0.2, 0.25) is 0 Å². The molecule has 0 radical (unpaired) electrons. The smallest absolute Gasteiger partial charge is 0.198 e. The van der Waals surface area contributed by atoms with Crippen LogP contribution in [-0.4, -0.2) is 23.1 Å². The van der Waals surface area contributed by atoms with Gasteiger partial charge >= 0.3 is 0 Å². The van der Waals surface area contributed by atoms with Gasteiger partial charge in [-0.25, -0.2) is 9.97 Å². The van der Waals surface area contributed by atoms with E-state index >= 15 is 0 Å². The van der Waals surface area contributed by atoms with Crippen LogP contribution in [0, 0.1) is 18.3 Å². The number of aryl methyl sites for hydroxylation is 1. The van der Waals surface area contributed by atoms with E-state index in [0.29, 0.717) is 17.3 Å². The molecule has 3 heterocycles. The molecule has 3 rings (SSSR count). The highest BCUT2D eigenvalue weighted by Gasteiger charge is 2.16. The maximum atomic E-state index is 9.15. The molecule has 0 aromatic carbocycles. The van der Waals surface area contributed by atoms with E-state index in [9.17, 15) is 0 Å². The quantitative estimate of drug-likeness (QED) is 0.837. The highest BCUT2D eigenvalue weighted by Crippen LogP contribution is 2.23. The summed E-state index contributed by atoms with van der Waals surface area (Å²) in [5.74, 6) is 2.72. The number of piperidine rings is 1. The predicted molar refractivity (Wildman–Crippen MR) is 75.3 cm³/mol. The maximum Gasteiger partial charge on any atom is 0.198 e. The average Bonchev–Trinajstić information content (AvgIpc) is 2.94. The molecular formula is C15H16N4O. The van der Waals surface area contributed by atoms with Gasteiger partial charge in [0.25, 0.3) is 0 Å². The summed E-state index contributed by atoms with van der Waals surface area (Å²) in [4.78, 5) is 11.0. The van der Waals surface area contributed by atoms with E-state index in [-0.39, 0.29) is 0 Å². The van der Waals surface area contributed by atoms with E-state index < -0.39 is 0 Å². The largest absolute Gasteiger partial charge is 0.458 e. The Morgan fingerprint density at radius 2 is 2.00 bits per heavy atom. The van der Waals surface area contributed by atoms with Crippen LogP contribution in [0.25, 0.3) is 11.6 Å². The maximum absolute atomic E-state index is 9.15. The molecule has 0 unspecified atom stereocenters. The van der Waals surface area contributed by atoms with Crippen LogP contribution in [0.1, 0.15) is 30.7 Å². The molecule has 0 saturated carbocycles. The first-order valence-corrected chi connectivity index (χ1v) is 6.87. The van der Waals surface area contributed by atoms with Crippen LogP contribution in [0.5, 0.6) is 0 Å².